The molecule has 0 aliphatic carbocycles. The summed E-state index contributed by atoms with van der Waals surface area (Å²) in [6.45, 7) is 1.20. The van der Waals surface area contributed by atoms with Crippen LogP contribution in [0.4, 0.5) is 10.2 Å². The summed E-state index contributed by atoms with van der Waals surface area (Å²) in [5.41, 5.74) is 2.71. The number of nitrogens with zero attached hydrogens (tertiary/aromatic N) is 2. The van der Waals surface area contributed by atoms with E-state index in [1.165, 1.54) is 12.1 Å². The molecule has 2 heterocycles. The average molecular weight is 429 g/mol. The SMILES string of the molecule is Oc1ccc(Br)cc1-c1cc(-c2cccc(F)c2)cc(N2CCC(O)C2)n1. The minimum absolute atomic E-state index is 0.120. The van der Waals surface area contributed by atoms with Crippen LogP contribution in [0, 0.1) is 5.82 Å². The molecule has 1 atom stereocenters. The van der Waals surface area contributed by atoms with E-state index in [-0.39, 0.29) is 17.7 Å². The lowest BCUT2D eigenvalue weighted by Crippen LogP contribution is -2.22. The van der Waals surface area contributed by atoms with E-state index in [1.54, 1.807) is 24.3 Å². The number of rotatable bonds is 3. The van der Waals surface area contributed by atoms with Gasteiger partial charge < -0.3 is 15.1 Å². The molecule has 1 saturated heterocycles. The van der Waals surface area contributed by atoms with E-state index in [9.17, 15) is 14.6 Å². The van der Waals surface area contributed by atoms with Gasteiger partial charge in [0.1, 0.15) is 17.4 Å². The fraction of sp³-hybridized carbons (Fsp3) is 0.190. The van der Waals surface area contributed by atoms with Gasteiger partial charge in [0, 0.05) is 23.1 Å². The standard InChI is InChI=1S/C21H18BrFN2O2/c22-15-4-5-20(27)18(11-15)19-9-14(13-2-1-3-16(23)8-13)10-21(24-19)25-7-6-17(26)12-25/h1-5,8-11,17,26-27H,6-7,12H2. The summed E-state index contributed by atoms with van der Waals surface area (Å²) in [6, 6.07) is 15.3. The molecule has 6 heteroatoms. The summed E-state index contributed by atoms with van der Waals surface area (Å²) < 4.78 is 14.6. The van der Waals surface area contributed by atoms with Gasteiger partial charge in [0.05, 0.1) is 11.8 Å². The number of hydrogen-bond acceptors (Lipinski definition) is 4. The zero-order valence-corrected chi connectivity index (χ0v) is 16.0. The second kappa shape index (κ2) is 7.29. The summed E-state index contributed by atoms with van der Waals surface area (Å²) in [5.74, 6) is 0.506. The second-order valence-electron chi connectivity index (χ2n) is 6.66. The van der Waals surface area contributed by atoms with Gasteiger partial charge in [-0.25, -0.2) is 9.37 Å². The van der Waals surface area contributed by atoms with Gasteiger partial charge in [0.25, 0.3) is 0 Å². The first kappa shape index (κ1) is 17.9. The van der Waals surface area contributed by atoms with E-state index in [1.807, 2.05) is 23.1 Å². The molecule has 0 bridgehead atoms. The highest BCUT2D eigenvalue weighted by Gasteiger charge is 2.23. The van der Waals surface area contributed by atoms with Crippen molar-refractivity contribution in [3.8, 4) is 28.1 Å². The highest BCUT2D eigenvalue weighted by atomic mass is 79.9. The molecular formula is C21H18BrFN2O2. The molecule has 0 saturated carbocycles. The molecule has 0 radical (unpaired) electrons. The Balaban J connectivity index is 1.87. The van der Waals surface area contributed by atoms with Gasteiger partial charge >= 0.3 is 0 Å². The van der Waals surface area contributed by atoms with E-state index < -0.39 is 0 Å². The lowest BCUT2D eigenvalue weighted by atomic mass is 10.0. The van der Waals surface area contributed by atoms with Crippen LogP contribution in [-0.4, -0.2) is 34.4 Å². The number of pyridine rings is 1. The third kappa shape index (κ3) is 3.82. The molecule has 3 aromatic rings. The molecule has 1 fully saturated rings. The van der Waals surface area contributed by atoms with Gasteiger partial charge in [-0.2, -0.15) is 0 Å². The van der Waals surface area contributed by atoms with Gasteiger partial charge in [0.2, 0.25) is 0 Å². The normalized spacial score (nSPS) is 16.7. The number of β-amino-alcohol motifs (C(OH)–C–C–N with tert-alkyl or cyclic N) is 1. The number of anilines is 1. The van der Waals surface area contributed by atoms with Crippen LogP contribution in [0.5, 0.6) is 5.75 Å². The summed E-state index contributed by atoms with van der Waals surface area (Å²) in [6.07, 6.45) is 0.302. The van der Waals surface area contributed by atoms with E-state index in [4.69, 9.17) is 4.98 Å². The van der Waals surface area contributed by atoms with Crippen molar-refractivity contribution >= 4 is 21.7 Å². The van der Waals surface area contributed by atoms with Gasteiger partial charge in [-0.15, -0.1) is 0 Å². The van der Waals surface area contributed by atoms with Crippen molar-refractivity contribution in [2.75, 3.05) is 18.0 Å². The molecule has 1 aromatic heterocycles. The Kier molecular flexibility index (Phi) is 4.85. The van der Waals surface area contributed by atoms with Crippen molar-refractivity contribution in [3.05, 3.63) is 64.9 Å². The van der Waals surface area contributed by atoms with Crippen molar-refractivity contribution in [3.63, 3.8) is 0 Å². The molecule has 4 rings (SSSR count). The first-order chi connectivity index (χ1) is 13.0. The van der Waals surface area contributed by atoms with Crippen LogP contribution < -0.4 is 4.90 Å². The van der Waals surface area contributed by atoms with Crippen LogP contribution in [0.3, 0.4) is 0 Å². The average Bonchev–Trinajstić information content (AvgIpc) is 3.10. The van der Waals surface area contributed by atoms with Crippen LogP contribution >= 0.6 is 15.9 Å². The highest BCUT2D eigenvalue weighted by molar-refractivity contribution is 9.10. The van der Waals surface area contributed by atoms with Crippen molar-refractivity contribution in [1.82, 2.24) is 4.98 Å². The smallest absolute Gasteiger partial charge is 0.129 e. The maximum atomic E-state index is 13.7. The van der Waals surface area contributed by atoms with Crippen molar-refractivity contribution < 1.29 is 14.6 Å². The Morgan fingerprint density at radius 2 is 1.93 bits per heavy atom. The fourth-order valence-corrected chi connectivity index (χ4v) is 3.68. The molecule has 4 nitrogen and oxygen atoms in total. The molecular weight excluding hydrogens is 411 g/mol. The number of aliphatic hydroxyl groups is 1. The molecule has 0 spiro atoms. The van der Waals surface area contributed by atoms with E-state index in [0.717, 1.165) is 15.6 Å². The number of halogens is 2. The molecule has 0 amide bonds. The Labute approximate surface area is 165 Å². The predicted octanol–water partition coefficient (Wildman–Crippen LogP) is 4.59. The first-order valence-corrected chi connectivity index (χ1v) is 9.49. The minimum atomic E-state index is -0.382. The van der Waals surface area contributed by atoms with Crippen molar-refractivity contribution in [1.29, 1.82) is 0 Å². The number of phenolic OH excluding ortho intramolecular Hbond substituents is 1. The predicted molar refractivity (Wildman–Crippen MR) is 107 cm³/mol. The molecule has 2 aromatic carbocycles. The van der Waals surface area contributed by atoms with Crippen molar-refractivity contribution in [2.24, 2.45) is 0 Å². The zero-order chi connectivity index (χ0) is 19.0. The Hall–Kier alpha value is -2.44. The van der Waals surface area contributed by atoms with Gasteiger partial charge in [-0.05, 0) is 60.0 Å². The number of phenols is 1. The molecule has 1 aliphatic rings. The number of benzene rings is 2. The second-order valence-corrected chi connectivity index (χ2v) is 7.58. The third-order valence-electron chi connectivity index (χ3n) is 4.69. The van der Waals surface area contributed by atoms with Crippen molar-refractivity contribution in [2.45, 2.75) is 12.5 Å². The third-order valence-corrected chi connectivity index (χ3v) is 5.18. The first-order valence-electron chi connectivity index (χ1n) is 8.69. The van der Waals surface area contributed by atoms with Gasteiger partial charge in [-0.3, -0.25) is 0 Å². The minimum Gasteiger partial charge on any atom is -0.507 e. The largest absolute Gasteiger partial charge is 0.507 e. The maximum Gasteiger partial charge on any atom is 0.129 e. The van der Waals surface area contributed by atoms with E-state index in [0.29, 0.717) is 36.6 Å². The van der Waals surface area contributed by atoms with Gasteiger partial charge in [-0.1, -0.05) is 28.1 Å². The molecule has 2 N–H and O–H groups in total. The number of hydrogen-bond donors (Lipinski definition) is 2. The van der Waals surface area contributed by atoms with E-state index >= 15 is 0 Å². The lowest BCUT2D eigenvalue weighted by Gasteiger charge is -2.19. The quantitative estimate of drug-likeness (QED) is 0.640. The maximum absolute atomic E-state index is 13.7. The van der Waals surface area contributed by atoms with Crippen LogP contribution in [0.1, 0.15) is 6.42 Å². The summed E-state index contributed by atoms with van der Waals surface area (Å²) in [4.78, 5) is 6.72. The number of aromatic hydroxyl groups is 1. The van der Waals surface area contributed by atoms with E-state index in [2.05, 4.69) is 15.9 Å². The molecule has 1 aliphatic heterocycles. The van der Waals surface area contributed by atoms with Crippen LogP contribution in [0.2, 0.25) is 0 Å². The Morgan fingerprint density at radius 3 is 2.67 bits per heavy atom. The zero-order valence-electron chi connectivity index (χ0n) is 14.4. The topological polar surface area (TPSA) is 56.6 Å². The summed E-state index contributed by atoms with van der Waals surface area (Å²) in [5, 5.41) is 20.2. The van der Waals surface area contributed by atoms with Crippen LogP contribution in [0.15, 0.2) is 59.1 Å². The molecule has 1 unspecified atom stereocenters. The summed E-state index contributed by atoms with van der Waals surface area (Å²) >= 11 is 3.43. The van der Waals surface area contributed by atoms with Gasteiger partial charge in [0.15, 0.2) is 0 Å². The molecule has 138 valence electrons. The monoisotopic (exact) mass is 428 g/mol. The summed E-state index contributed by atoms with van der Waals surface area (Å²) in [7, 11) is 0. The van der Waals surface area contributed by atoms with Crippen LogP contribution in [0.25, 0.3) is 22.4 Å². The lowest BCUT2D eigenvalue weighted by molar-refractivity contribution is 0.198. The fourth-order valence-electron chi connectivity index (χ4n) is 3.31. The Bertz CT molecular complexity index is 996. The highest BCUT2D eigenvalue weighted by Crippen LogP contribution is 2.35. The number of aromatic nitrogens is 1. The van der Waals surface area contributed by atoms with Crippen LogP contribution in [-0.2, 0) is 0 Å². The molecule has 27 heavy (non-hydrogen) atoms. The Morgan fingerprint density at radius 1 is 1.07 bits per heavy atom. The number of aliphatic hydroxyl groups excluding tert-OH is 1.